The molecular formula is C14H21NO2. The fourth-order valence-corrected chi connectivity index (χ4v) is 1.86. The van der Waals surface area contributed by atoms with E-state index < -0.39 is 0 Å². The molecule has 0 aromatic heterocycles. The van der Waals surface area contributed by atoms with Gasteiger partial charge in [-0.2, -0.15) is 0 Å². The van der Waals surface area contributed by atoms with E-state index in [1.165, 1.54) is 12.7 Å². The number of benzene rings is 1. The SMILES string of the molecule is CCCN(C)Cc1ccccc1CC(=O)OC. The number of ether oxygens (including phenoxy) is 1. The molecule has 0 N–H and O–H groups in total. The second kappa shape index (κ2) is 7.07. The van der Waals surface area contributed by atoms with Gasteiger partial charge in [-0.3, -0.25) is 4.79 Å². The molecule has 0 fully saturated rings. The van der Waals surface area contributed by atoms with Gasteiger partial charge in [0.2, 0.25) is 0 Å². The second-order valence-corrected chi connectivity index (χ2v) is 4.26. The number of nitrogens with zero attached hydrogens (tertiary/aromatic N) is 1. The molecule has 0 spiro atoms. The highest BCUT2D eigenvalue weighted by atomic mass is 16.5. The summed E-state index contributed by atoms with van der Waals surface area (Å²) in [5, 5.41) is 0. The quantitative estimate of drug-likeness (QED) is 0.708. The number of esters is 1. The van der Waals surface area contributed by atoms with Crippen molar-refractivity contribution >= 4 is 5.97 Å². The van der Waals surface area contributed by atoms with Crippen LogP contribution in [-0.4, -0.2) is 31.6 Å². The van der Waals surface area contributed by atoms with Gasteiger partial charge in [0.15, 0.2) is 0 Å². The first kappa shape index (κ1) is 13.7. The molecule has 0 amide bonds. The van der Waals surface area contributed by atoms with Gasteiger partial charge < -0.3 is 9.64 Å². The van der Waals surface area contributed by atoms with Crippen molar-refractivity contribution < 1.29 is 9.53 Å². The van der Waals surface area contributed by atoms with Crippen molar-refractivity contribution in [3.63, 3.8) is 0 Å². The largest absolute Gasteiger partial charge is 0.469 e. The molecule has 0 heterocycles. The van der Waals surface area contributed by atoms with E-state index in [1.807, 2.05) is 18.2 Å². The molecule has 0 aliphatic heterocycles. The van der Waals surface area contributed by atoms with Gasteiger partial charge in [-0.25, -0.2) is 0 Å². The van der Waals surface area contributed by atoms with Crippen LogP contribution in [0.1, 0.15) is 24.5 Å². The Morgan fingerprint density at radius 3 is 2.53 bits per heavy atom. The van der Waals surface area contributed by atoms with Crippen molar-refractivity contribution in [2.75, 3.05) is 20.7 Å². The monoisotopic (exact) mass is 235 g/mol. The van der Waals surface area contributed by atoms with Crippen LogP contribution in [0.25, 0.3) is 0 Å². The van der Waals surface area contributed by atoms with Crippen LogP contribution in [0.3, 0.4) is 0 Å². The molecule has 0 unspecified atom stereocenters. The van der Waals surface area contributed by atoms with Gasteiger partial charge in [0.1, 0.15) is 0 Å². The maximum absolute atomic E-state index is 11.3. The van der Waals surface area contributed by atoms with Gasteiger partial charge >= 0.3 is 5.97 Å². The lowest BCUT2D eigenvalue weighted by atomic mass is 10.0. The first-order chi connectivity index (χ1) is 8.17. The molecule has 17 heavy (non-hydrogen) atoms. The van der Waals surface area contributed by atoms with Gasteiger partial charge in [0, 0.05) is 6.54 Å². The van der Waals surface area contributed by atoms with Gasteiger partial charge in [0.25, 0.3) is 0 Å². The van der Waals surface area contributed by atoms with Crippen LogP contribution >= 0.6 is 0 Å². The number of hydrogen-bond donors (Lipinski definition) is 0. The lowest BCUT2D eigenvalue weighted by Crippen LogP contribution is -2.20. The summed E-state index contributed by atoms with van der Waals surface area (Å²) in [5.74, 6) is -0.185. The average Bonchev–Trinajstić information content (AvgIpc) is 2.31. The Hall–Kier alpha value is -1.35. The van der Waals surface area contributed by atoms with Crippen LogP contribution < -0.4 is 0 Å². The lowest BCUT2D eigenvalue weighted by molar-refractivity contribution is -0.139. The Morgan fingerprint density at radius 1 is 1.29 bits per heavy atom. The molecule has 1 aromatic carbocycles. The fraction of sp³-hybridized carbons (Fsp3) is 0.500. The first-order valence-electron chi connectivity index (χ1n) is 5.99. The zero-order valence-electron chi connectivity index (χ0n) is 10.9. The van der Waals surface area contributed by atoms with E-state index in [-0.39, 0.29) is 5.97 Å². The van der Waals surface area contributed by atoms with Crippen LogP contribution in [0.4, 0.5) is 0 Å². The Bertz CT molecular complexity index is 363. The number of hydrogen-bond acceptors (Lipinski definition) is 3. The van der Waals surface area contributed by atoms with Crippen molar-refractivity contribution in [3.05, 3.63) is 35.4 Å². The lowest BCUT2D eigenvalue weighted by Gasteiger charge is -2.17. The number of carbonyl (C=O) groups excluding carboxylic acids is 1. The summed E-state index contributed by atoms with van der Waals surface area (Å²) < 4.78 is 4.71. The van der Waals surface area contributed by atoms with Gasteiger partial charge in [-0.1, -0.05) is 31.2 Å². The minimum atomic E-state index is -0.185. The predicted molar refractivity (Wildman–Crippen MR) is 68.8 cm³/mol. The normalized spacial score (nSPS) is 10.6. The molecule has 0 aliphatic carbocycles. The standard InChI is InChI=1S/C14H21NO2/c1-4-9-15(2)11-13-8-6-5-7-12(13)10-14(16)17-3/h5-8H,4,9-11H2,1-3H3. The number of methoxy groups -OCH3 is 1. The highest BCUT2D eigenvalue weighted by Gasteiger charge is 2.08. The highest BCUT2D eigenvalue weighted by Crippen LogP contribution is 2.12. The van der Waals surface area contributed by atoms with Crippen LogP contribution in [-0.2, 0) is 22.5 Å². The van der Waals surface area contributed by atoms with Gasteiger partial charge in [-0.05, 0) is 31.1 Å². The summed E-state index contributed by atoms with van der Waals surface area (Å²) in [5.41, 5.74) is 2.26. The molecular weight excluding hydrogens is 214 g/mol. The zero-order chi connectivity index (χ0) is 12.7. The van der Waals surface area contributed by atoms with E-state index in [4.69, 9.17) is 4.74 Å². The third kappa shape index (κ3) is 4.57. The van der Waals surface area contributed by atoms with E-state index in [0.29, 0.717) is 6.42 Å². The first-order valence-corrected chi connectivity index (χ1v) is 5.99. The molecule has 1 rings (SSSR count). The predicted octanol–water partition coefficient (Wildman–Crippen LogP) is 2.24. The van der Waals surface area contributed by atoms with E-state index in [1.54, 1.807) is 0 Å². The Morgan fingerprint density at radius 2 is 1.94 bits per heavy atom. The molecule has 0 bridgehead atoms. The topological polar surface area (TPSA) is 29.5 Å². The summed E-state index contributed by atoms with van der Waals surface area (Å²) in [6, 6.07) is 8.04. The molecule has 0 atom stereocenters. The summed E-state index contributed by atoms with van der Waals surface area (Å²) in [7, 11) is 3.52. The minimum absolute atomic E-state index is 0.185. The smallest absolute Gasteiger partial charge is 0.309 e. The van der Waals surface area contributed by atoms with Crippen LogP contribution in [0.5, 0.6) is 0 Å². The summed E-state index contributed by atoms with van der Waals surface area (Å²) in [4.78, 5) is 13.6. The van der Waals surface area contributed by atoms with Crippen LogP contribution in [0.2, 0.25) is 0 Å². The Labute approximate surface area is 103 Å². The van der Waals surface area contributed by atoms with Crippen LogP contribution in [0.15, 0.2) is 24.3 Å². The summed E-state index contributed by atoms with van der Waals surface area (Å²) in [6.07, 6.45) is 1.49. The molecule has 94 valence electrons. The molecule has 3 nitrogen and oxygen atoms in total. The Kier molecular flexibility index (Phi) is 5.70. The molecule has 0 aliphatic rings. The molecule has 3 heteroatoms. The average molecular weight is 235 g/mol. The van der Waals surface area contributed by atoms with Crippen molar-refractivity contribution in [1.82, 2.24) is 4.90 Å². The molecule has 0 saturated carbocycles. The number of carbonyl (C=O) groups is 1. The minimum Gasteiger partial charge on any atom is -0.469 e. The van der Waals surface area contributed by atoms with E-state index >= 15 is 0 Å². The number of rotatable bonds is 6. The maximum atomic E-state index is 11.3. The zero-order valence-corrected chi connectivity index (χ0v) is 10.9. The fourth-order valence-electron chi connectivity index (χ4n) is 1.86. The molecule has 1 aromatic rings. The van der Waals surface area contributed by atoms with Crippen LogP contribution in [0, 0.1) is 0 Å². The molecule has 0 radical (unpaired) electrons. The third-order valence-corrected chi connectivity index (χ3v) is 2.73. The highest BCUT2D eigenvalue weighted by molar-refractivity contribution is 5.72. The second-order valence-electron chi connectivity index (χ2n) is 4.26. The maximum Gasteiger partial charge on any atom is 0.309 e. The van der Waals surface area contributed by atoms with E-state index in [2.05, 4.69) is 24.9 Å². The summed E-state index contributed by atoms with van der Waals surface area (Å²) >= 11 is 0. The van der Waals surface area contributed by atoms with Gasteiger partial charge in [-0.15, -0.1) is 0 Å². The molecule has 0 saturated heterocycles. The third-order valence-electron chi connectivity index (χ3n) is 2.73. The van der Waals surface area contributed by atoms with Crippen molar-refractivity contribution in [3.8, 4) is 0 Å². The van der Waals surface area contributed by atoms with Crippen molar-refractivity contribution in [1.29, 1.82) is 0 Å². The van der Waals surface area contributed by atoms with Crippen molar-refractivity contribution in [2.45, 2.75) is 26.3 Å². The van der Waals surface area contributed by atoms with E-state index in [0.717, 1.165) is 25.1 Å². The van der Waals surface area contributed by atoms with Gasteiger partial charge in [0.05, 0.1) is 13.5 Å². The van der Waals surface area contributed by atoms with Crippen molar-refractivity contribution in [2.24, 2.45) is 0 Å². The van der Waals surface area contributed by atoms with E-state index in [9.17, 15) is 4.79 Å². The summed E-state index contributed by atoms with van der Waals surface area (Å²) in [6.45, 7) is 4.10. The Balaban J connectivity index is 2.73.